The maximum absolute atomic E-state index is 15.4. The lowest BCUT2D eigenvalue weighted by Crippen LogP contribution is -2.62. The Morgan fingerprint density at radius 3 is 2.34 bits per heavy atom. The van der Waals surface area contributed by atoms with Gasteiger partial charge in [0.15, 0.2) is 14.0 Å². The fourth-order valence-electron chi connectivity index (χ4n) is 6.94. The Labute approximate surface area is 310 Å². The second-order valence-corrected chi connectivity index (χ2v) is 23.4. The van der Waals surface area contributed by atoms with E-state index in [1.807, 2.05) is 27.7 Å². The van der Waals surface area contributed by atoms with Crippen LogP contribution in [0.3, 0.4) is 0 Å². The Balaban J connectivity index is 1.56. The number of nitrogens with one attached hydrogen (secondary N) is 1. The van der Waals surface area contributed by atoms with Crippen molar-refractivity contribution in [3.05, 3.63) is 65.2 Å². The highest BCUT2D eigenvalue weighted by Gasteiger charge is 2.49. The molecule has 1 N–H and O–H groups in total. The molecular weight excluding hydrogens is 718 g/mol. The number of aromatic nitrogens is 6. The van der Waals surface area contributed by atoms with E-state index in [1.165, 1.54) is 33.8 Å². The largest absolute Gasteiger partial charge is 0.444 e. The lowest BCUT2D eigenvalue weighted by molar-refractivity contribution is 0.00459. The molecule has 4 aromatic heterocycles. The first-order valence-corrected chi connectivity index (χ1v) is 22.1. The molecule has 1 aliphatic carbocycles. The van der Waals surface area contributed by atoms with Crippen molar-refractivity contribution < 1.29 is 26.8 Å². The zero-order valence-electron chi connectivity index (χ0n) is 32.3. The minimum atomic E-state index is -4.31. The van der Waals surface area contributed by atoms with E-state index in [-0.39, 0.29) is 32.5 Å². The van der Waals surface area contributed by atoms with Gasteiger partial charge in [-0.3, -0.25) is 13.8 Å². The SMILES string of the molecule is Cn1cc(-c2cc3c(ncc4c3n([C@H]3CC[C@@](C)(NC(=O)OC(C)(C)C)[C@H](O[Si](C)(C)C(C)(C)C)C3)c(=O)n4C)n2S(=O)(=O)c2ccccc2)c(F)n1. The van der Waals surface area contributed by atoms with Crippen molar-refractivity contribution in [3.63, 3.8) is 0 Å². The van der Waals surface area contributed by atoms with Crippen molar-refractivity contribution in [2.45, 2.75) is 114 Å². The molecular formula is C37H50FN7O6SSi. The number of fused-ring (bicyclic) bond motifs is 3. The number of nitrogens with zero attached hydrogens (tertiary/aromatic N) is 6. The van der Waals surface area contributed by atoms with Crippen molar-refractivity contribution in [3.8, 4) is 11.3 Å². The average Bonchev–Trinajstić information content (AvgIpc) is 3.67. The fraction of sp³-hybridized carbons (Fsp3) is 0.514. The first-order chi connectivity index (χ1) is 24.4. The van der Waals surface area contributed by atoms with Gasteiger partial charge < -0.3 is 14.5 Å². The number of hydrogen-bond donors (Lipinski definition) is 1. The van der Waals surface area contributed by atoms with Gasteiger partial charge in [0.1, 0.15) is 5.60 Å². The van der Waals surface area contributed by atoms with E-state index >= 15 is 4.39 Å². The molecule has 3 atom stereocenters. The normalized spacial score (nSPS) is 20.3. The summed E-state index contributed by atoms with van der Waals surface area (Å²) in [5.41, 5.74) is -0.863. The van der Waals surface area contributed by atoms with Crippen molar-refractivity contribution in [2.24, 2.45) is 14.1 Å². The zero-order chi connectivity index (χ0) is 39.1. The first-order valence-electron chi connectivity index (χ1n) is 17.8. The second kappa shape index (κ2) is 12.9. The molecule has 13 nitrogen and oxygen atoms in total. The Kier molecular flexibility index (Phi) is 9.38. The van der Waals surface area contributed by atoms with Gasteiger partial charge in [0.05, 0.1) is 45.0 Å². The Morgan fingerprint density at radius 2 is 1.75 bits per heavy atom. The number of carbonyl (C=O) groups excluding carboxylic acids is 1. The van der Waals surface area contributed by atoms with Crippen LogP contribution in [-0.4, -0.2) is 67.9 Å². The van der Waals surface area contributed by atoms with Gasteiger partial charge in [-0.15, -0.1) is 5.10 Å². The Morgan fingerprint density at radius 1 is 1.09 bits per heavy atom. The van der Waals surface area contributed by atoms with Crippen LogP contribution in [0.1, 0.15) is 73.8 Å². The lowest BCUT2D eigenvalue weighted by Gasteiger charge is -2.49. The van der Waals surface area contributed by atoms with Crippen LogP contribution in [0.5, 0.6) is 0 Å². The van der Waals surface area contributed by atoms with E-state index in [9.17, 15) is 18.0 Å². The molecule has 1 aliphatic rings. The number of ether oxygens (including phenoxy) is 1. The van der Waals surface area contributed by atoms with Gasteiger partial charge in [-0.1, -0.05) is 39.0 Å². The molecule has 1 aromatic carbocycles. The number of benzene rings is 1. The van der Waals surface area contributed by atoms with E-state index in [0.29, 0.717) is 35.7 Å². The average molecular weight is 768 g/mol. The van der Waals surface area contributed by atoms with Crippen LogP contribution in [0.4, 0.5) is 9.18 Å². The maximum Gasteiger partial charge on any atom is 0.408 e. The van der Waals surface area contributed by atoms with E-state index in [2.05, 4.69) is 49.3 Å². The van der Waals surface area contributed by atoms with Crippen molar-refractivity contribution in [2.75, 3.05) is 0 Å². The van der Waals surface area contributed by atoms with Crippen LogP contribution in [0.2, 0.25) is 18.1 Å². The monoisotopic (exact) mass is 767 g/mol. The van der Waals surface area contributed by atoms with Crippen LogP contribution in [0.25, 0.3) is 33.3 Å². The van der Waals surface area contributed by atoms with Crippen LogP contribution in [-0.2, 0) is 33.3 Å². The van der Waals surface area contributed by atoms with Gasteiger partial charge in [-0.2, -0.15) is 4.39 Å². The third kappa shape index (κ3) is 6.84. The third-order valence-electron chi connectivity index (χ3n) is 10.8. The van der Waals surface area contributed by atoms with Gasteiger partial charge in [0, 0.05) is 31.7 Å². The molecule has 6 rings (SSSR count). The molecule has 1 saturated carbocycles. The van der Waals surface area contributed by atoms with E-state index < -0.39 is 53.7 Å². The summed E-state index contributed by atoms with van der Waals surface area (Å²) >= 11 is 0. The molecule has 4 heterocycles. The van der Waals surface area contributed by atoms with Gasteiger partial charge in [-0.25, -0.2) is 27.0 Å². The molecule has 1 amide bonds. The summed E-state index contributed by atoms with van der Waals surface area (Å²) in [5.74, 6) is -0.851. The highest BCUT2D eigenvalue weighted by molar-refractivity contribution is 7.90. The predicted octanol–water partition coefficient (Wildman–Crippen LogP) is 6.87. The quantitative estimate of drug-likeness (QED) is 0.177. The van der Waals surface area contributed by atoms with E-state index in [4.69, 9.17) is 9.16 Å². The number of amides is 1. The summed E-state index contributed by atoms with van der Waals surface area (Å²) in [6.45, 7) is 18.1. The molecule has 53 heavy (non-hydrogen) atoms. The standard InChI is InChI=1S/C37H50FN7O6SSi/c1-35(2,3)50-33(46)40-37(7)18-17-23(19-29(37)51-53(10,11)36(4,5)6)44-30-25-20-27(26-22-42(8)41-31(26)38)45(52(48,49)24-15-13-12-14-16-24)32(25)39-21-28(30)43(9)34(44)47/h12-16,20-23,29H,17-19H2,1-11H3,(H,40,46)/t23-,29+,37+/m0/s1. The molecule has 0 spiro atoms. The number of alkyl carbamates (subject to hydrolysis) is 1. The molecule has 16 heteroatoms. The first kappa shape index (κ1) is 38.4. The smallest absolute Gasteiger partial charge is 0.408 e. The van der Waals surface area contributed by atoms with Gasteiger partial charge in [0.25, 0.3) is 10.0 Å². The summed E-state index contributed by atoms with van der Waals surface area (Å²) in [5, 5.41) is 7.18. The number of carbonyl (C=O) groups is 1. The number of halogens is 1. The molecule has 1 fully saturated rings. The highest BCUT2D eigenvalue weighted by Crippen LogP contribution is 2.45. The Bertz CT molecular complexity index is 2380. The van der Waals surface area contributed by atoms with Gasteiger partial charge >= 0.3 is 11.8 Å². The van der Waals surface area contributed by atoms with Crippen molar-refractivity contribution in [1.82, 2.24) is 33.2 Å². The van der Waals surface area contributed by atoms with E-state index in [1.54, 1.807) is 42.9 Å². The summed E-state index contributed by atoms with van der Waals surface area (Å²) in [7, 11) is -3.54. The summed E-state index contributed by atoms with van der Waals surface area (Å²) < 4.78 is 62.4. The molecule has 5 aromatic rings. The Hall–Kier alpha value is -4.28. The summed E-state index contributed by atoms with van der Waals surface area (Å²) in [6, 6.07) is 9.03. The highest BCUT2D eigenvalue weighted by atomic mass is 32.2. The van der Waals surface area contributed by atoms with Crippen molar-refractivity contribution in [1.29, 1.82) is 0 Å². The van der Waals surface area contributed by atoms with Crippen LogP contribution < -0.4 is 11.0 Å². The summed E-state index contributed by atoms with van der Waals surface area (Å²) in [4.78, 5) is 32.1. The number of hydrogen-bond acceptors (Lipinski definition) is 8. The number of aryl methyl sites for hydroxylation is 2. The van der Waals surface area contributed by atoms with Gasteiger partial charge in [-0.05, 0) is 83.3 Å². The number of imidazole rings is 1. The molecule has 0 unspecified atom stereocenters. The topological polar surface area (TPSA) is 144 Å². The fourth-order valence-corrected chi connectivity index (χ4v) is 9.85. The zero-order valence-corrected chi connectivity index (χ0v) is 34.1. The van der Waals surface area contributed by atoms with Crippen LogP contribution in [0, 0.1) is 5.95 Å². The molecule has 0 saturated heterocycles. The minimum absolute atomic E-state index is 0.00919. The predicted molar refractivity (Wildman–Crippen MR) is 204 cm³/mol. The van der Waals surface area contributed by atoms with E-state index in [0.717, 1.165) is 3.97 Å². The number of pyridine rings is 1. The molecule has 0 radical (unpaired) electrons. The molecule has 0 aliphatic heterocycles. The van der Waals surface area contributed by atoms with Crippen molar-refractivity contribution >= 4 is 46.5 Å². The lowest BCUT2D eigenvalue weighted by atomic mass is 9.78. The minimum Gasteiger partial charge on any atom is -0.444 e. The van der Waals surface area contributed by atoms with Gasteiger partial charge in [0.2, 0.25) is 5.95 Å². The second-order valence-electron chi connectivity index (χ2n) is 16.9. The summed E-state index contributed by atoms with van der Waals surface area (Å²) in [6.07, 6.45) is 3.16. The number of rotatable bonds is 7. The van der Waals surface area contributed by atoms with Crippen LogP contribution >= 0.6 is 0 Å². The third-order valence-corrected chi connectivity index (χ3v) is 17.0. The van der Waals surface area contributed by atoms with Crippen LogP contribution in [0.15, 0.2) is 58.5 Å². The molecule has 286 valence electrons. The maximum atomic E-state index is 15.4. The molecule has 0 bridgehead atoms.